The first-order chi connectivity index (χ1) is 16.3. The van der Waals surface area contributed by atoms with Crippen molar-refractivity contribution in [2.24, 2.45) is 5.92 Å². The summed E-state index contributed by atoms with van der Waals surface area (Å²) < 4.78 is 5.56. The molecule has 0 spiro atoms. The van der Waals surface area contributed by atoms with Crippen LogP contribution in [0.25, 0.3) is 11.1 Å². The lowest BCUT2D eigenvalue weighted by Gasteiger charge is -2.18. The van der Waals surface area contributed by atoms with Crippen LogP contribution in [0, 0.1) is 5.92 Å². The molecule has 8 heteroatoms. The van der Waals surface area contributed by atoms with Gasteiger partial charge in [-0.2, -0.15) is 0 Å². The van der Waals surface area contributed by atoms with Crippen molar-refractivity contribution in [1.29, 1.82) is 0 Å². The molecule has 34 heavy (non-hydrogen) atoms. The predicted octanol–water partition coefficient (Wildman–Crippen LogP) is 3.28. The van der Waals surface area contributed by atoms with Crippen molar-refractivity contribution in [2.45, 2.75) is 51.2 Å². The first-order valence-electron chi connectivity index (χ1n) is 11.6. The van der Waals surface area contributed by atoms with Crippen LogP contribution in [0.4, 0.5) is 4.79 Å². The third-order valence-electron chi connectivity index (χ3n) is 6.18. The summed E-state index contributed by atoms with van der Waals surface area (Å²) >= 11 is 0. The summed E-state index contributed by atoms with van der Waals surface area (Å²) in [7, 11) is 0. The van der Waals surface area contributed by atoms with Gasteiger partial charge < -0.3 is 25.6 Å². The van der Waals surface area contributed by atoms with E-state index in [4.69, 9.17) is 9.84 Å². The van der Waals surface area contributed by atoms with Crippen LogP contribution >= 0.6 is 0 Å². The molecule has 0 heterocycles. The molecule has 0 radical (unpaired) electrons. The van der Waals surface area contributed by atoms with Crippen molar-refractivity contribution in [3.63, 3.8) is 0 Å². The summed E-state index contributed by atoms with van der Waals surface area (Å²) in [5.74, 6) is -2.01. The van der Waals surface area contributed by atoms with E-state index < -0.39 is 18.2 Å². The molecule has 0 aliphatic heterocycles. The van der Waals surface area contributed by atoms with Crippen LogP contribution < -0.4 is 10.6 Å². The van der Waals surface area contributed by atoms with Crippen molar-refractivity contribution in [1.82, 2.24) is 10.6 Å². The lowest BCUT2D eigenvalue weighted by Crippen LogP contribution is -2.39. The Bertz CT molecular complexity index is 978. The molecule has 3 atom stereocenters. The summed E-state index contributed by atoms with van der Waals surface area (Å²) in [6.07, 6.45) is -0.146. The number of carboxylic acids is 1. The van der Waals surface area contributed by atoms with Crippen molar-refractivity contribution in [3.8, 4) is 11.1 Å². The number of benzene rings is 2. The third kappa shape index (κ3) is 6.35. The van der Waals surface area contributed by atoms with E-state index in [0.717, 1.165) is 11.1 Å². The summed E-state index contributed by atoms with van der Waals surface area (Å²) in [5.41, 5.74) is 4.67. The van der Waals surface area contributed by atoms with Crippen LogP contribution in [0.3, 0.4) is 0 Å². The van der Waals surface area contributed by atoms with E-state index in [1.807, 2.05) is 31.2 Å². The van der Waals surface area contributed by atoms with Crippen LogP contribution in [0.2, 0.25) is 0 Å². The van der Waals surface area contributed by atoms with Gasteiger partial charge in [0.1, 0.15) is 6.61 Å². The molecule has 1 aliphatic carbocycles. The highest BCUT2D eigenvalue weighted by Crippen LogP contribution is 2.44. The number of hydrogen-bond acceptors (Lipinski definition) is 5. The first kappa shape index (κ1) is 25.2. The van der Waals surface area contributed by atoms with Gasteiger partial charge in [0.05, 0.1) is 6.54 Å². The summed E-state index contributed by atoms with van der Waals surface area (Å²) in [5, 5.41) is 23.2. The minimum Gasteiger partial charge on any atom is -0.479 e. The number of aliphatic carboxylic acids is 1. The smallest absolute Gasteiger partial charge is 0.407 e. The summed E-state index contributed by atoms with van der Waals surface area (Å²) in [4.78, 5) is 35.0. The molecule has 0 bridgehead atoms. The number of carboxylic acid groups (broad SMARTS) is 1. The maximum Gasteiger partial charge on any atom is 0.407 e. The van der Waals surface area contributed by atoms with Crippen molar-refractivity contribution < 1.29 is 29.3 Å². The number of aliphatic hydroxyl groups is 1. The topological polar surface area (TPSA) is 125 Å². The summed E-state index contributed by atoms with van der Waals surface area (Å²) in [6, 6.07) is 16.2. The molecule has 3 rings (SSSR count). The fourth-order valence-electron chi connectivity index (χ4n) is 4.23. The van der Waals surface area contributed by atoms with Crippen LogP contribution in [-0.2, 0) is 14.3 Å². The Hall–Kier alpha value is -3.39. The van der Waals surface area contributed by atoms with Crippen molar-refractivity contribution >= 4 is 18.0 Å². The molecule has 0 saturated carbocycles. The Morgan fingerprint density at radius 2 is 1.56 bits per heavy atom. The monoisotopic (exact) mass is 468 g/mol. The average Bonchev–Trinajstić information content (AvgIpc) is 3.14. The number of carbonyl (C=O) groups is 3. The predicted molar refractivity (Wildman–Crippen MR) is 127 cm³/mol. The van der Waals surface area contributed by atoms with Gasteiger partial charge in [0.25, 0.3) is 0 Å². The quantitative estimate of drug-likeness (QED) is 0.401. The molecule has 2 amide bonds. The number of carbonyl (C=O) groups excluding carboxylic acids is 2. The van der Waals surface area contributed by atoms with E-state index in [1.165, 1.54) is 11.1 Å². The van der Waals surface area contributed by atoms with Gasteiger partial charge in [-0.15, -0.1) is 0 Å². The van der Waals surface area contributed by atoms with E-state index >= 15 is 0 Å². The first-order valence-corrected chi connectivity index (χ1v) is 11.6. The summed E-state index contributed by atoms with van der Waals surface area (Å²) in [6.45, 7) is 3.56. The van der Waals surface area contributed by atoms with Gasteiger partial charge in [0.15, 0.2) is 6.10 Å². The standard InChI is InChI=1S/C26H32N2O6/c1-16(24(30)27-14-23(29)25(31)32)8-7-9-17(2)28-26(33)34-15-22-20-12-5-3-10-18(20)19-11-4-6-13-21(19)22/h3-6,10-13,16-17,22-23,29H,7-9,14-15H2,1-2H3,(H,27,30)(H,28,33)(H,31,32). The van der Waals surface area contributed by atoms with Gasteiger partial charge in [-0.25, -0.2) is 9.59 Å². The second-order valence-corrected chi connectivity index (χ2v) is 8.80. The third-order valence-corrected chi connectivity index (χ3v) is 6.18. The van der Waals surface area contributed by atoms with Gasteiger partial charge in [0.2, 0.25) is 5.91 Å². The second-order valence-electron chi connectivity index (χ2n) is 8.80. The maximum atomic E-state index is 12.4. The van der Waals surface area contributed by atoms with Crippen molar-refractivity contribution in [3.05, 3.63) is 59.7 Å². The van der Waals surface area contributed by atoms with Crippen LogP contribution in [0.5, 0.6) is 0 Å². The number of hydrogen-bond donors (Lipinski definition) is 4. The largest absolute Gasteiger partial charge is 0.479 e. The molecule has 0 saturated heterocycles. The number of nitrogens with one attached hydrogen (secondary N) is 2. The molecule has 4 N–H and O–H groups in total. The fraction of sp³-hybridized carbons (Fsp3) is 0.423. The number of aliphatic hydroxyl groups excluding tert-OH is 1. The van der Waals surface area contributed by atoms with Gasteiger partial charge in [-0.3, -0.25) is 4.79 Å². The van der Waals surface area contributed by atoms with Gasteiger partial charge in [-0.05, 0) is 42.0 Å². The number of fused-ring (bicyclic) bond motifs is 3. The normalized spacial score (nSPS) is 14.9. The van der Waals surface area contributed by atoms with E-state index in [9.17, 15) is 19.5 Å². The van der Waals surface area contributed by atoms with Crippen LogP contribution in [0.1, 0.15) is 50.2 Å². The Labute approximate surface area is 199 Å². The minimum atomic E-state index is -1.61. The highest BCUT2D eigenvalue weighted by Gasteiger charge is 2.29. The zero-order valence-corrected chi connectivity index (χ0v) is 19.5. The zero-order chi connectivity index (χ0) is 24.7. The molecule has 2 aromatic carbocycles. The highest BCUT2D eigenvalue weighted by molar-refractivity contribution is 5.80. The van der Waals surface area contributed by atoms with E-state index in [2.05, 4.69) is 34.9 Å². The lowest BCUT2D eigenvalue weighted by atomic mass is 9.98. The maximum absolute atomic E-state index is 12.4. The van der Waals surface area contributed by atoms with Crippen LogP contribution in [0.15, 0.2) is 48.5 Å². The molecule has 8 nitrogen and oxygen atoms in total. The highest BCUT2D eigenvalue weighted by atomic mass is 16.5. The average molecular weight is 469 g/mol. The number of amides is 2. The number of ether oxygens (including phenoxy) is 1. The lowest BCUT2D eigenvalue weighted by molar-refractivity contribution is -0.146. The van der Waals surface area contributed by atoms with E-state index in [0.29, 0.717) is 19.3 Å². The Balaban J connectivity index is 1.39. The molecule has 182 valence electrons. The molecule has 0 aromatic heterocycles. The molecular weight excluding hydrogens is 436 g/mol. The van der Waals surface area contributed by atoms with Gasteiger partial charge in [0, 0.05) is 17.9 Å². The Kier molecular flexibility index (Phi) is 8.65. The van der Waals surface area contributed by atoms with E-state index in [1.54, 1.807) is 6.92 Å². The van der Waals surface area contributed by atoms with Crippen LogP contribution in [-0.4, -0.2) is 53.5 Å². The number of alkyl carbamates (subject to hydrolysis) is 1. The zero-order valence-electron chi connectivity index (χ0n) is 19.5. The number of rotatable bonds is 11. The van der Waals surface area contributed by atoms with Gasteiger partial charge >= 0.3 is 12.1 Å². The SMILES string of the molecule is CC(CCCC(C)C(=O)NCC(O)C(=O)O)NC(=O)OCC1c2ccccc2-c2ccccc21. The Morgan fingerprint density at radius 3 is 2.15 bits per heavy atom. The molecule has 2 aromatic rings. The van der Waals surface area contributed by atoms with E-state index in [-0.39, 0.29) is 36.9 Å². The van der Waals surface area contributed by atoms with Crippen molar-refractivity contribution in [2.75, 3.05) is 13.2 Å². The molecule has 1 aliphatic rings. The fourth-order valence-corrected chi connectivity index (χ4v) is 4.23. The minimum absolute atomic E-state index is 0.00691. The van der Waals surface area contributed by atoms with Gasteiger partial charge in [-0.1, -0.05) is 61.9 Å². The molecule has 0 fully saturated rings. The molecule has 3 unspecified atom stereocenters. The second kappa shape index (κ2) is 11.7. The Morgan fingerprint density at radius 1 is 0.971 bits per heavy atom. The molecular formula is C26H32N2O6.